The summed E-state index contributed by atoms with van der Waals surface area (Å²) in [5.74, 6) is -0.191. The van der Waals surface area contributed by atoms with E-state index >= 15 is 0 Å². The molecular formula is C13H17Cl2N3O2. The van der Waals surface area contributed by atoms with Gasteiger partial charge >= 0.3 is 6.03 Å². The summed E-state index contributed by atoms with van der Waals surface area (Å²) < 4.78 is 0. The normalized spacial score (nSPS) is 26.5. The van der Waals surface area contributed by atoms with Gasteiger partial charge in [-0.15, -0.1) is 11.6 Å². The van der Waals surface area contributed by atoms with E-state index in [1.54, 1.807) is 13.1 Å². The SMILES string of the molecule is CC1=C(CNC(=O)C2CNC(=O)N2C)C(Cl)=CC(Cl)C1. The summed E-state index contributed by atoms with van der Waals surface area (Å²) in [5, 5.41) is 5.94. The van der Waals surface area contributed by atoms with E-state index < -0.39 is 6.04 Å². The fraction of sp³-hybridized carbons (Fsp3) is 0.538. The van der Waals surface area contributed by atoms with Crippen LogP contribution in [0.15, 0.2) is 22.3 Å². The highest BCUT2D eigenvalue weighted by molar-refractivity contribution is 6.33. The Bertz CT molecular complexity index is 502. The molecule has 2 rings (SSSR count). The van der Waals surface area contributed by atoms with Crippen LogP contribution in [-0.2, 0) is 4.79 Å². The van der Waals surface area contributed by atoms with Gasteiger partial charge in [-0.2, -0.15) is 0 Å². The molecule has 0 saturated carbocycles. The van der Waals surface area contributed by atoms with Crippen LogP contribution in [0.2, 0.25) is 0 Å². The quantitative estimate of drug-likeness (QED) is 0.776. The molecule has 1 saturated heterocycles. The van der Waals surface area contributed by atoms with Crippen LogP contribution in [0.5, 0.6) is 0 Å². The highest BCUT2D eigenvalue weighted by Gasteiger charge is 2.33. The number of hydrogen-bond acceptors (Lipinski definition) is 2. The van der Waals surface area contributed by atoms with Crippen LogP contribution >= 0.6 is 23.2 Å². The van der Waals surface area contributed by atoms with Crippen molar-refractivity contribution in [3.05, 3.63) is 22.3 Å². The molecule has 0 radical (unpaired) electrons. The number of nitrogens with one attached hydrogen (secondary N) is 2. The molecule has 5 nitrogen and oxygen atoms in total. The number of nitrogens with zero attached hydrogens (tertiary/aromatic N) is 1. The standard InChI is InChI=1S/C13H17Cl2N3O2/c1-7-3-8(14)4-10(15)9(7)5-16-12(19)11-6-17-13(20)18(11)2/h4,8,11H,3,5-6H2,1-2H3,(H,16,19)(H,17,20). The summed E-state index contributed by atoms with van der Waals surface area (Å²) in [7, 11) is 1.60. The third kappa shape index (κ3) is 3.10. The zero-order valence-corrected chi connectivity index (χ0v) is 12.9. The molecule has 2 N–H and O–H groups in total. The van der Waals surface area contributed by atoms with Crippen molar-refractivity contribution in [2.45, 2.75) is 24.8 Å². The van der Waals surface area contributed by atoms with Crippen LogP contribution in [0, 0.1) is 0 Å². The van der Waals surface area contributed by atoms with E-state index in [1.165, 1.54) is 4.90 Å². The zero-order chi connectivity index (χ0) is 14.9. The first-order valence-electron chi connectivity index (χ1n) is 6.39. The second kappa shape index (κ2) is 6.06. The van der Waals surface area contributed by atoms with Crippen molar-refractivity contribution in [1.82, 2.24) is 15.5 Å². The lowest BCUT2D eigenvalue weighted by atomic mass is 9.98. The van der Waals surface area contributed by atoms with Gasteiger partial charge in [-0.25, -0.2) is 4.79 Å². The Labute approximate surface area is 128 Å². The average Bonchev–Trinajstić information content (AvgIpc) is 2.68. The summed E-state index contributed by atoms with van der Waals surface area (Å²) in [4.78, 5) is 24.8. The number of likely N-dealkylation sites (N-methyl/N-ethyl adjacent to an activating group) is 1. The maximum absolute atomic E-state index is 12.1. The topological polar surface area (TPSA) is 61.4 Å². The van der Waals surface area contributed by atoms with Crippen molar-refractivity contribution in [3.63, 3.8) is 0 Å². The van der Waals surface area contributed by atoms with E-state index in [2.05, 4.69) is 10.6 Å². The molecule has 1 aliphatic heterocycles. The molecule has 0 spiro atoms. The van der Waals surface area contributed by atoms with E-state index in [-0.39, 0.29) is 17.3 Å². The maximum Gasteiger partial charge on any atom is 0.317 e. The van der Waals surface area contributed by atoms with Crippen molar-refractivity contribution in [2.75, 3.05) is 20.1 Å². The van der Waals surface area contributed by atoms with Gasteiger partial charge in [0.25, 0.3) is 0 Å². The van der Waals surface area contributed by atoms with Crippen molar-refractivity contribution in [1.29, 1.82) is 0 Å². The monoisotopic (exact) mass is 317 g/mol. The summed E-state index contributed by atoms with van der Waals surface area (Å²) in [6.45, 7) is 2.63. The van der Waals surface area contributed by atoms with Crippen molar-refractivity contribution in [3.8, 4) is 0 Å². The minimum absolute atomic E-state index is 0.0928. The van der Waals surface area contributed by atoms with Crippen molar-refractivity contribution in [2.24, 2.45) is 0 Å². The van der Waals surface area contributed by atoms with E-state index in [0.29, 0.717) is 18.1 Å². The lowest BCUT2D eigenvalue weighted by Crippen LogP contribution is -2.44. The van der Waals surface area contributed by atoms with Gasteiger partial charge < -0.3 is 15.5 Å². The van der Waals surface area contributed by atoms with E-state index in [4.69, 9.17) is 23.2 Å². The molecule has 110 valence electrons. The first-order valence-corrected chi connectivity index (χ1v) is 7.20. The van der Waals surface area contributed by atoms with Gasteiger partial charge in [0.1, 0.15) is 6.04 Å². The number of rotatable bonds is 3. The lowest BCUT2D eigenvalue weighted by molar-refractivity contribution is -0.124. The predicted octanol–water partition coefficient (Wildman–Crippen LogP) is 1.58. The highest BCUT2D eigenvalue weighted by atomic mass is 35.5. The number of allylic oxidation sites excluding steroid dienone is 2. The number of alkyl halides is 1. The smallest absolute Gasteiger partial charge is 0.317 e. The molecule has 0 aromatic heterocycles. The molecule has 20 heavy (non-hydrogen) atoms. The second-order valence-corrected chi connectivity index (χ2v) is 5.99. The van der Waals surface area contributed by atoms with Gasteiger partial charge in [0.15, 0.2) is 0 Å². The third-order valence-corrected chi connectivity index (χ3v) is 4.24. The van der Waals surface area contributed by atoms with Crippen molar-refractivity contribution < 1.29 is 9.59 Å². The second-order valence-electron chi connectivity index (χ2n) is 5.02. The fourth-order valence-electron chi connectivity index (χ4n) is 2.32. The first-order chi connectivity index (χ1) is 9.40. The molecule has 0 aromatic rings. The Morgan fingerprint density at radius 1 is 1.60 bits per heavy atom. The lowest BCUT2D eigenvalue weighted by Gasteiger charge is -2.21. The van der Waals surface area contributed by atoms with Gasteiger partial charge in [0.2, 0.25) is 5.91 Å². The average molecular weight is 318 g/mol. The molecular weight excluding hydrogens is 301 g/mol. The van der Waals surface area contributed by atoms with Gasteiger partial charge in [-0.3, -0.25) is 4.79 Å². The predicted molar refractivity (Wildman–Crippen MR) is 78.9 cm³/mol. The summed E-state index contributed by atoms with van der Waals surface area (Å²) >= 11 is 12.2. The fourth-order valence-corrected chi connectivity index (χ4v) is 3.12. The molecule has 1 heterocycles. The molecule has 2 unspecified atom stereocenters. The van der Waals surface area contributed by atoms with Gasteiger partial charge in [-0.1, -0.05) is 17.2 Å². The Hall–Kier alpha value is -1.20. The summed E-state index contributed by atoms with van der Waals surface area (Å²) in [5.41, 5.74) is 1.98. The number of amides is 3. The third-order valence-electron chi connectivity index (χ3n) is 3.61. The van der Waals surface area contributed by atoms with Gasteiger partial charge in [0.05, 0.1) is 5.38 Å². The molecule has 2 atom stereocenters. The number of carbonyl (C=O) groups excluding carboxylic acids is 2. The maximum atomic E-state index is 12.1. The molecule has 1 aliphatic carbocycles. The van der Waals surface area contributed by atoms with Gasteiger partial charge in [0, 0.05) is 25.2 Å². The number of hydrogen-bond donors (Lipinski definition) is 2. The Morgan fingerprint density at radius 2 is 2.30 bits per heavy atom. The molecule has 0 bridgehead atoms. The van der Waals surface area contributed by atoms with Crippen LogP contribution in [0.25, 0.3) is 0 Å². The molecule has 3 amide bonds. The Kier molecular flexibility index (Phi) is 4.60. The van der Waals surface area contributed by atoms with Crippen LogP contribution in [-0.4, -0.2) is 48.4 Å². The summed E-state index contributed by atoms with van der Waals surface area (Å²) in [6.07, 6.45) is 2.51. The van der Waals surface area contributed by atoms with Crippen LogP contribution < -0.4 is 10.6 Å². The van der Waals surface area contributed by atoms with Crippen LogP contribution in [0.1, 0.15) is 13.3 Å². The van der Waals surface area contributed by atoms with Gasteiger partial charge in [-0.05, 0) is 25.0 Å². The van der Waals surface area contributed by atoms with Crippen molar-refractivity contribution >= 4 is 35.1 Å². The molecule has 2 aliphatic rings. The first kappa shape index (κ1) is 15.2. The summed E-state index contributed by atoms with van der Waals surface area (Å²) in [6, 6.07) is -0.711. The van der Waals surface area contributed by atoms with E-state index in [0.717, 1.165) is 17.6 Å². The molecule has 1 fully saturated rings. The van der Waals surface area contributed by atoms with Crippen LogP contribution in [0.4, 0.5) is 4.79 Å². The zero-order valence-electron chi connectivity index (χ0n) is 11.4. The minimum atomic E-state index is -0.476. The van der Waals surface area contributed by atoms with Crippen LogP contribution in [0.3, 0.4) is 0 Å². The van der Waals surface area contributed by atoms with E-state index in [9.17, 15) is 9.59 Å². The Balaban J connectivity index is 1.96. The molecule has 0 aromatic carbocycles. The number of urea groups is 1. The van der Waals surface area contributed by atoms with E-state index in [1.807, 2.05) is 6.92 Å². The minimum Gasteiger partial charge on any atom is -0.350 e. The highest BCUT2D eigenvalue weighted by Crippen LogP contribution is 2.29. The largest absolute Gasteiger partial charge is 0.350 e. The number of halogens is 2. The Morgan fingerprint density at radius 3 is 2.85 bits per heavy atom. The molecule has 7 heteroatoms. The number of carbonyl (C=O) groups is 2.